The third-order valence-corrected chi connectivity index (χ3v) is 4.03. The van der Waals surface area contributed by atoms with Crippen molar-refractivity contribution in [2.24, 2.45) is 17.8 Å². The van der Waals surface area contributed by atoms with Gasteiger partial charge in [0.1, 0.15) is 5.60 Å². The highest BCUT2D eigenvalue weighted by molar-refractivity contribution is 5.68. The van der Waals surface area contributed by atoms with Crippen LogP contribution in [0.2, 0.25) is 0 Å². The molecule has 104 valence electrons. The zero-order valence-electron chi connectivity index (χ0n) is 11.9. The first kappa shape index (κ1) is 13.7. The summed E-state index contributed by atoms with van der Waals surface area (Å²) in [4.78, 5) is 13.8. The van der Waals surface area contributed by atoms with Crippen LogP contribution in [0.3, 0.4) is 0 Å². The lowest BCUT2D eigenvalue weighted by Crippen LogP contribution is -2.39. The highest BCUT2D eigenvalue weighted by Crippen LogP contribution is 2.33. The Balaban J connectivity index is 1.82. The van der Waals surface area contributed by atoms with Crippen LogP contribution < -0.4 is 0 Å². The summed E-state index contributed by atoms with van der Waals surface area (Å²) in [7, 11) is 0. The van der Waals surface area contributed by atoms with Crippen LogP contribution in [-0.4, -0.2) is 42.9 Å². The van der Waals surface area contributed by atoms with Gasteiger partial charge >= 0.3 is 6.09 Å². The van der Waals surface area contributed by atoms with Crippen molar-refractivity contribution in [2.75, 3.05) is 26.3 Å². The molecule has 18 heavy (non-hydrogen) atoms. The summed E-state index contributed by atoms with van der Waals surface area (Å²) < 4.78 is 10.7. The van der Waals surface area contributed by atoms with Crippen LogP contribution in [0.4, 0.5) is 4.79 Å². The minimum Gasteiger partial charge on any atom is -0.444 e. The number of hydrogen-bond acceptors (Lipinski definition) is 3. The first-order valence-electron chi connectivity index (χ1n) is 6.92. The lowest BCUT2D eigenvalue weighted by atomic mass is 9.81. The van der Waals surface area contributed by atoms with Crippen molar-refractivity contribution >= 4 is 6.09 Å². The molecule has 2 aliphatic rings. The molecule has 2 rings (SSSR count). The van der Waals surface area contributed by atoms with Crippen LogP contribution in [0.25, 0.3) is 0 Å². The van der Waals surface area contributed by atoms with Crippen molar-refractivity contribution in [3.8, 4) is 0 Å². The van der Waals surface area contributed by atoms with Crippen LogP contribution in [-0.2, 0) is 9.47 Å². The van der Waals surface area contributed by atoms with Crippen molar-refractivity contribution in [3.63, 3.8) is 0 Å². The molecule has 0 spiro atoms. The van der Waals surface area contributed by atoms with Gasteiger partial charge in [-0.05, 0) is 39.0 Å². The van der Waals surface area contributed by atoms with Gasteiger partial charge in [0, 0.05) is 19.0 Å². The monoisotopic (exact) mass is 255 g/mol. The third kappa shape index (κ3) is 3.16. The maximum atomic E-state index is 12.0. The molecule has 0 aliphatic carbocycles. The average molecular weight is 255 g/mol. The van der Waals surface area contributed by atoms with Gasteiger partial charge in [-0.15, -0.1) is 0 Å². The average Bonchev–Trinajstić information content (AvgIpc) is 2.60. The second-order valence-electron chi connectivity index (χ2n) is 6.63. The topological polar surface area (TPSA) is 38.8 Å². The molecule has 0 bridgehead atoms. The number of hydrogen-bond donors (Lipinski definition) is 0. The van der Waals surface area contributed by atoms with E-state index in [0.29, 0.717) is 17.8 Å². The minimum absolute atomic E-state index is 0.165. The fourth-order valence-electron chi connectivity index (χ4n) is 2.65. The van der Waals surface area contributed by atoms with Crippen molar-refractivity contribution in [3.05, 3.63) is 0 Å². The van der Waals surface area contributed by atoms with E-state index in [-0.39, 0.29) is 6.09 Å². The fourth-order valence-corrected chi connectivity index (χ4v) is 2.65. The zero-order valence-corrected chi connectivity index (χ0v) is 11.9. The molecule has 2 atom stereocenters. The van der Waals surface area contributed by atoms with Gasteiger partial charge in [0.15, 0.2) is 0 Å². The first-order chi connectivity index (χ1) is 8.37. The Kier molecular flexibility index (Phi) is 3.85. The third-order valence-electron chi connectivity index (χ3n) is 4.03. The predicted molar refractivity (Wildman–Crippen MR) is 69.4 cm³/mol. The molecule has 0 aromatic rings. The molecule has 2 saturated heterocycles. The SMILES string of the molecule is CC(C1COC1)C1CCN(C(=O)OC(C)(C)C)C1. The molecule has 1 amide bonds. The predicted octanol–water partition coefficient (Wildman–Crippen LogP) is 2.53. The van der Waals surface area contributed by atoms with Gasteiger partial charge in [0.25, 0.3) is 0 Å². The summed E-state index contributed by atoms with van der Waals surface area (Å²) in [6.45, 7) is 11.5. The molecule has 0 saturated carbocycles. The van der Waals surface area contributed by atoms with E-state index in [1.807, 2.05) is 25.7 Å². The molecular weight excluding hydrogens is 230 g/mol. The Bertz CT molecular complexity index is 307. The number of carbonyl (C=O) groups excluding carboxylic acids is 1. The van der Waals surface area contributed by atoms with Crippen LogP contribution in [0.5, 0.6) is 0 Å². The van der Waals surface area contributed by atoms with Crippen LogP contribution in [0.15, 0.2) is 0 Å². The van der Waals surface area contributed by atoms with Crippen molar-refractivity contribution in [1.29, 1.82) is 0 Å². The Labute approximate surface area is 110 Å². The summed E-state index contributed by atoms with van der Waals surface area (Å²) in [6, 6.07) is 0. The van der Waals surface area contributed by atoms with Gasteiger partial charge in [-0.2, -0.15) is 0 Å². The van der Waals surface area contributed by atoms with Gasteiger partial charge in [-0.1, -0.05) is 6.92 Å². The minimum atomic E-state index is -0.400. The van der Waals surface area contributed by atoms with Crippen molar-refractivity contribution in [2.45, 2.75) is 39.7 Å². The molecule has 0 aromatic carbocycles. The van der Waals surface area contributed by atoms with Crippen LogP contribution in [0.1, 0.15) is 34.1 Å². The van der Waals surface area contributed by atoms with Gasteiger partial charge < -0.3 is 14.4 Å². The van der Waals surface area contributed by atoms with E-state index >= 15 is 0 Å². The number of rotatable bonds is 2. The standard InChI is InChI=1S/C14H25NO3/c1-10(12-8-17-9-12)11-5-6-15(7-11)13(16)18-14(2,3)4/h10-12H,5-9H2,1-4H3. The smallest absolute Gasteiger partial charge is 0.410 e. The molecule has 0 aromatic heterocycles. The number of carbonyl (C=O) groups is 1. The maximum Gasteiger partial charge on any atom is 0.410 e. The number of nitrogens with zero attached hydrogens (tertiary/aromatic N) is 1. The number of likely N-dealkylation sites (tertiary alicyclic amines) is 1. The highest BCUT2D eigenvalue weighted by atomic mass is 16.6. The molecule has 2 aliphatic heterocycles. The quantitative estimate of drug-likeness (QED) is 0.761. The number of amides is 1. The molecular formula is C14H25NO3. The Morgan fingerprint density at radius 1 is 1.33 bits per heavy atom. The summed E-state index contributed by atoms with van der Waals surface area (Å²) in [6.07, 6.45) is 0.929. The summed E-state index contributed by atoms with van der Waals surface area (Å²) in [5.74, 6) is 1.94. The fraction of sp³-hybridized carbons (Fsp3) is 0.929. The molecule has 4 heteroatoms. The summed E-state index contributed by atoms with van der Waals surface area (Å²) in [5, 5.41) is 0. The second-order valence-corrected chi connectivity index (χ2v) is 6.63. The highest BCUT2D eigenvalue weighted by Gasteiger charge is 2.37. The Hall–Kier alpha value is -0.770. The number of ether oxygens (including phenoxy) is 2. The lowest BCUT2D eigenvalue weighted by molar-refractivity contribution is -0.0679. The Morgan fingerprint density at radius 3 is 2.50 bits per heavy atom. The largest absolute Gasteiger partial charge is 0.444 e. The molecule has 2 unspecified atom stereocenters. The zero-order chi connectivity index (χ0) is 13.3. The van der Waals surface area contributed by atoms with E-state index in [9.17, 15) is 4.79 Å². The van der Waals surface area contributed by atoms with E-state index in [1.54, 1.807) is 0 Å². The van der Waals surface area contributed by atoms with Gasteiger partial charge in [-0.3, -0.25) is 0 Å². The molecule has 4 nitrogen and oxygen atoms in total. The lowest BCUT2D eigenvalue weighted by Gasteiger charge is -2.35. The van der Waals surface area contributed by atoms with Gasteiger partial charge in [-0.25, -0.2) is 4.79 Å². The van der Waals surface area contributed by atoms with E-state index in [0.717, 1.165) is 32.7 Å². The molecule has 2 heterocycles. The van der Waals surface area contributed by atoms with E-state index in [4.69, 9.17) is 9.47 Å². The van der Waals surface area contributed by atoms with Crippen molar-refractivity contribution in [1.82, 2.24) is 4.90 Å². The summed E-state index contributed by atoms with van der Waals surface area (Å²) in [5.41, 5.74) is -0.400. The van der Waals surface area contributed by atoms with Gasteiger partial charge in [0.05, 0.1) is 13.2 Å². The molecule has 0 radical (unpaired) electrons. The Morgan fingerprint density at radius 2 is 2.00 bits per heavy atom. The van der Waals surface area contributed by atoms with E-state index < -0.39 is 5.60 Å². The maximum absolute atomic E-state index is 12.0. The van der Waals surface area contributed by atoms with Crippen LogP contribution >= 0.6 is 0 Å². The van der Waals surface area contributed by atoms with Crippen molar-refractivity contribution < 1.29 is 14.3 Å². The van der Waals surface area contributed by atoms with E-state index in [1.165, 1.54) is 0 Å². The first-order valence-corrected chi connectivity index (χ1v) is 6.92. The normalized spacial score (nSPS) is 26.9. The molecule has 2 fully saturated rings. The van der Waals surface area contributed by atoms with Gasteiger partial charge in [0.2, 0.25) is 0 Å². The molecule has 0 N–H and O–H groups in total. The summed E-state index contributed by atoms with van der Waals surface area (Å²) >= 11 is 0. The van der Waals surface area contributed by atoms with Crippen LogP contribution in [0, 0.1) is 17.8 Å². The van der Waals surface area contributed by atoms with E-state index in [2.05, 4.69) is 6.92 Å². The second kappa shape index (κ2) is 5.08.